The molecule has 24 heavy (non-hydrogen) atoms. The first kappa shape index (κ1) is 16.0. The van der Waals surface area contributed by atoms with Gasteiger partial charge >= 0.3 is 0 Å². The monoisotopic (exact) mass is 329 g/mol. The van der Waals surface area contributed by atoms with Crippen LogP contribution in [0.5, 0.6) is 23.0 Å². The molecule has 0 fully saturated rings. The average molecular weight is 329 g/mol. The fourth-order valence-corrected chi connectivity index (χ4v) is 2.46. The summed E-state index contributed by atoms with van der Waals surface area (Å²) in [7, 11) is 3.07. The van der Waals surface area contributed by atoms with Gasteiger partial charge in [0.05, 0.1) is 26.3 Å². The zero-order chi connectivity index (χ0) is 16.9. The van der Waals surface area contributed by atoms with Crippen molar-refractivity contribution in [1.82, 2.24) is 5.32 Å². The Hall–Kier alpha value is -2.89. The molecule has 0 unspecified atom stereocenters. The smallest absolute Gasteiger partial charge is 0.255 e. The van der Waals surface area contributed by atoms with Gasteiger partial charge in [0.15, 0.2) is 11.5 Å². The molecule has 1 aliphatic rings. The summed E-state index contributed by atoms with van der Waals surface area (Å²) in [6.45, 7) is 0.708. The highest BCUT2D eigenvalue weighted by Crippen LogP contribution is 2.30. The highest BCUT2D eigenvalue weighted by Gasteiger charge is 2.22. The van der Waals surface area contributed by atoms with Crippen molar-refractivity contribution in [2.75, 3.05) is 27.4 Å². The number of methoxy groups -OCH3 is 2. The predicted molar refractivity (Wildman–Crippen MR) is 88.2 cm³/mol. The van der Waals surface area contributed by atoms with Crippen LogP contribution in [0.4, 0.5) is 0 Å². The van der Waals surface area contributed by atoms with Gasteiger partial charge in [-0.15, -0.1) is 0 Å². The molecule has 6 nitrogen and oxygen atoms in total. The molecule has 0 radical (unpaired) electrons. The quantitative estimate of drug-likeness (QED) is 0.911. The Kier molecular flexibility index (Phi) is 4.74. The van der Waals surface area contributed by atoms with E-state index >= 15 is 0 Å². The standard InChI is InChI=1S/C18H19NO5/c1-21-12-7-8-15(22-2)14(9-12)18(20)19-10-13-11-23-16-5-3-4-6-17(16)24-13/h3-9,13H,10-11H2,1-2H3,(H,19,20)/t13-/m0/s1. The van der Waals surface area contributed by atoms with E-state index in [9.17, 15) is 4.79 Å². The second-order valence-corrected chi connectivity index (χ2v) is 5.27. The van der Waals surface area contributed by atoms with Crippen LogP contribution in [0.15, 0.2) is 42.5 Å². The van der Waals surface area contributed by atoms with Crippen molar-refractivity contribution in [1.29, 1.82) is 0 Å². The zero-order valence-corrected chi connectivity index (χ0v) is 13.6. The Bertz CT molecular complexity index is 731. The van der Waals surface area contributed by atoms with Crippen molar-refractivity contribution in [2.45, 2.75) is 6.10 Å². The van der Waals surface area contributed by atoms with Crippen LogP contribution >= 0.6 is 0 Å². The molecule has 6 heteroatoms. The molecule has 0 aliphatic carbocycles. The number of carbonyl (C=O) groups excluding carboxylic acids is 1. The molecule has 1 aliphatic heterocycles. The molecule has 1 atom stereocenters. The SMILES string of the molecule is COc1ccc(OC)c(C(=O)NC[C@H]2COc3ccccc3O2)c1. The number of carbonyl (C=O) groups is 1. The van der Waals surface area contributed by atoms with E-state index in [0.717, 1.165) is 5.75 Å². The fraction of sp³-hybridized carbons (Fsp3) is 0.278. The molecule has 1 N–H and O–H groups in total. The van der Waals surface area contributed by atoms with Crippen LogP contribution in [0.2, 0.25) is 0 Å². The Morgan fingerprint density at radius 1 is 1.17 bits per heavy atom. The first-order valence-electron chi connectivity index (χ1n) is 7.60. The lowest BCUT2D eigenvalue weighted by Crippen LogP contribution is -2.40. The molecule has 2 aromatic carbocycles. The number of rotatable bonds is 5. The van der Waals surface area contributed by atoms with Crippen molar-refractivity contribution >= 4 is 5.91 Å². The maximum Gasteiger partial charge on any atom is 0.255 e. The maximum atomic E-state index is 12.4. The van der Waals surface area contributed by atoms with Gasteiger partial charge in [0.2, 0.25) is 0 Å². The summed E-state index contributed by atoms with van der Waals surface area (Å²) in [4.78, 5) is 12.4. The predicted octanol–water partition coefficient (Wildman–Crippen LogP) is 2.27. The first-order valence-corrected chi connectivity index (χ1v) is 7.60. The normalized spacial score (nSPS) is 15.5. The highest BCUT2D eigenvalue weighted by atomic mass is 16.6. The van der Waals surface area contributed by atoms with Crippen LogP contribution in [-0.4, -0.2) is 39.4 Å². The molecule has 1 heterocycles. The molecule has 0 saturated carbocycles. The minimum atomic E-state index is -0.256. The number of ether oxygens (including phenoxy) is 4. The second kappa shape index (κ2) is 7.12. The van der Waals surface area contributed by atoms with Crippen LogP contribution in [0.1, 0.15) is 10.4 Å². The van der Waals surface area contributed by atoms with E-state index in [1.807, 2.05) is 24.3 Å². The van der Waals surface area contributed by atoms with E-state index in [1.165, 1.54) is 7.11 Å². The van der Waals surface area contributed by atoms with E-state index in [-0.39, 0.29) is 12.0 Å². The summed E-state index contributed by atoms with van der Waals surface area (Å²) < 4.78 is 21.8. The zero-order valence-electron chi connectivity index (χ0n) is 13.6. The van der Waals surface area contributed by atoms with E-state index < -0.39 is 0 Å². The number of benzene rings is 2. The molecule has 126 valence electrons. The molecule has 0 spiro atoms. The van der Waals surface area contributed by atoms with Gasteiger partial charge in [0, 0.05) is 0 Å². The molecule has 0 bridgehead atoms. The van der Waals surface area contributed by atoms with Gasteiger partial charge in [-0.25, -0.2) is 0 Å². The third-order valence-corrected chi connectivity index (χ3v) is 3.71. The Morgan fingerprint density at radius 3 is 2.71 bits per heavy atom. The molecular formula is C18H19NO5. The number of fused-ring (bicyclic) bond motifs is 1. The Labute approximate surface area is 140 Å². The third kappa shape index (κ3) is 3.37. The van der Waals surface area contributed by atoms with Crippen molar-refractivity contribution in [3.63, 3.8) is 0 Å². The van der Waals surface area contributed by atoms with E-state index in [4.69, 9.17) is 18.9 Å². The topological polar surface area (TPSA) is 66.0 Å². The van der Waals surface area contributed by atoms with E-state index in [1.54, 1.807) is 25.3 Å². The van der Waals surface area contributed by atoms with E-state index in [2.05, 4.69) is 5.32 Å². The van der Waals surface area contributed by atoms with Gasteiger partial charge in [-0.05, 0) is 30.3 Å². The largest absolute Gasteiger partial charge is 0.497 e. The maximum absolute atomic E-state index is 12.4. The van der Waals surface area contributed by atoms with Crippen LogP contribution in [0.25, 0.3) is 0 Å². The number of amides is 1. The molecule has 2 aromatic rings. The molecule has 1 amide bonds. The summed E-state index contributed by atoms with van der Waals surface area (Å²) in [5, 5.41) is 2.85. The summed E-state index contributed by atoms with van der Waals surface area (Å²) in [5.41, 5.74) is 0.411. The summed E-state index contributed by atoms with van der Waals surface area (Å²) in [5.74, 6) is 2.22. The van der Waals surface area contributed by atoms with Crippen LogP contribution in [-0.2, 0) is 0 Å². The average Bonchev–Trinajstić information content (AvgIpc) is 2.65. The van der Waals surface area contributed by atoms with Crippen molar-refractivity contribution in [3.05, 3.63) is 48.0 Å². The van der Waals surface area contributed by atoms with Crippen LogP contribution in [0.3, 0.4) is 0 Å². The summed E-state index contributed by atoms with van der Waals surface area (Å²) in [6.07, 6.45) is -0.250. The van der Waals surface area contributed by atoms with Gasteiger partial charge in [0.25, 0.3) is 5.91 Å². The van der Waals surface area contributed by atoms with Crippen molar-refractivity contribution in [2.24, 2.45) is 0 Å². The number of nitrogens with one attached hydrogen (secondary N) is 1. The lowest BCUT2D eigenvalue weighted by atomic mass is 10.1. The fourth-order valence-electron chi connectivity index (χ4n) is 2.46. The lowest BCUT2D eigenvalue weighted by Gasteiger charge is -2.26. The number of hydrogen-bond donors (Lipinski definition) is 1. The van der Waals surface area contributed by atoms with Gasteiger partial charge < -0.3 is 24.3 Å². The van der Waals surface area contributed by atoms with Gasteiger partial charge in [-0.3, -0.25) is 4.79 Å². The van der Waals surface area contributed by atoms with Crippen LogP contribution < -0.4 is 24.3 Å². The second-order valence-electron chi connectivity index (χ2n) is 5.27. The van der Waals surface area contributed by atoms with Gasteiger partial charge in [0.1, 0.15) is 24.2 Å². The first-order chi connectivity index (χ1) is 11.7. The summed E-state index contributed by atoms with van der Waals surface area (Å²) >= 11 is 0. The van der Waals surface area contributed by atoms with E-state index in [0.29, 0.717) is 36.0 Å². The van der Waals surface area contributed by atoms with Crippen molar-refractivity contribution < 1.29 is 23.7 Å². The molecule has 0 saturated heterocycles. The third-order valence-electron chi connectivity index (χ3n) is 3.71. The Balaban J connectivity index is 1.64. The number of para-hydroxylation sites is 2. The minimum absolute atomic E-state index is 0.250. The highest BCUT2D eigenvalue weighted by molar-refractivity contribution is 5.97. The van der Waals surface area contributed by atoms with Gasteiger partial charge in [-0.1, -0.05) is 12.1 Å². The summed E-state index contributed by atoms with van der Waals surface area (Å²) in [6, 6.07) is 12.5. The molecule has 0 aromatic heterocycles. The molecular weight excluding hydrogens is 310 g/mol. The number of hydrogen-bond acceptors (Lipinski definition) is 5. The Morgan fingerprint density at radius 2 is 1.96 bits per heavy atom. The van der Waals surface area contributed by atoms with Crippen molar-refractivity contribution in [3.8, 4) is 23.0 Å². The molecule has 3 rings (SSSR count). The van der Waals surface area contributed by atoms with Crippen LogP contribution in [0, 0.1) is 0 Å². The lowest BCUT2D eigenvalue weighted by molar-refractivity contribution is 0.0787. The minimum Gasteiger partial charge on any atom is -0.497 e. The van der Waals surface area contributed by atoms with Gasteiger partial charge in [-0.2, -0.15) is 0 Å².